The first-order chi connectivity index (χ1) is 15.1. The van der Waals surface area contributed by atoms with E-state index in [-0.39, 0.29) is 11.3 Å². The van der Waals surface area contributed by atoms with Crippen molar-refractivity contribution in [2.75, 3.05) is 18.6 Å². The summed E-state index contributed by atoms with van der Waals surface area (Å²) in [6, 6.07) is 16.8. The molecule has 6 nitrogen and oxygen atoms in total. The number of methoxy groups -OCH3 is 1. The van der Waals surface area contributed by atoms with Crippen LogP contribution < -0.4 is 14.4 Å². The molecule has 1 saturated heterocycles. The van der Waals surface area contributed by atoms with E-state index in [9.17, 15) is 14.7 Å². The summed E-state index contributed by atoms with van der Waals surface area (Å²) < 4.78 is 10.9. The Labute approximate surface area is 184 Å². The maximum absolute atomic E-state index is 13.2. The van der Waals surface area contributed by atoms with Gasteiger partial charge in [0.15, 0.2) is 0 Å². The number of nitrogens with zero attached hydrogens (tertiary/aromatic N) is 1. The first kappa shape index (κ1) is 20.7. The molecule has 0 bridgehead atoms. The monoisotopic (exact) mass is 435 g/mol. The summed E-state index contributed by atoms with van der Waals surface area (Å²) in [6.07, 6.45) is 0. The number of carbonyl (C=O) groups is 2. The molecule has 0 aliphatic carbocycles. The smallest absolute Gasteiger partial charge is 0.300 e. The van der Waals surface area contributed by atoms with Crippen LogP contribution >= 0.6 is 11.3 Å². The molecule has 0 spiro atoms. The number of anilines is 1. The summed E-state index contributed by atoms with van der Waals surface area (Å²) in [4.78, 5) is 28.4. The van der Waals surface area contributed by atoms with Crippen LogP contribution in [0.15, 0.2) is 71.6 Å². The van der Waals surface area contributed by atoms with E-state index < -0.39 is 17.7 Å². The molecule has 1 aromatic heterocycles. The highest BCUT2D eigenvalue weighted by molar-refractivity contribution is 7.10. The molecule has 2 aromatic carbocycles. The number of aliphatic hydroxyl groups excluding tert-OH is 1. The van der Waals surface area contributed by atoms with Crippen molar-refractivity contribution < 1.29 is 24.2 Å². The van der Waals surface area contributed by atoms with E-state index in [1.807, 2.05) is 24.4 Å². The molecule has 3 aromatic rings. The van der Waals surface area contributed by atoms with Crippen LogP contribution in [0.2, 0.25) is 0 Å². The van der Waals surface area contributed by atoms with Crippen LogP contribution in [0.3, 0.4) is 0 Å². The number of aliphatic hydroxyl groups is 1. The van der Waals surface area contributed by atoms with Gasteiger partial charge in [0.1, 0.15) is 23.3 Å². The van der Waals surface area contributed by atoms with Gasteiger partial charge in [0, 0.05) is 10.4 Å². The minimum atomic E-state index is -0.771. The Balaban J connectivity index is 1.91. The molecular weight excluding hydrogens is 414 g/mol. The van der Waals surface area contributed by atoms with Gasteiger partial charge in [0.05, 0.1) is 25.0 Å². The molecular formula is C24H21NO5S. The van der Waals surface area contributed by atoms with Crippen LogP contribution in [0, 0.1) is 0 Å². The first-order valence-electron chi connectivity index (χ1n) is 9.77. The van der Waals surface area contributed by atoms with Gasteiger partial charge in [-0.25, -0.2) is 0 Å². The molecule has 1 amide bonds. The van der Waals surface area contributed by atoms with E-state index in [0.29, 0.717) is 29.4 Å². The summed E-state index contributed by atoms with van der Waals surface area (Å²) in [7, 11) is 1.51. The highest BCUT2D eigenvalue weighted by atomic mass is 32.1. The molecule has 2 heterocycles. The molecule has 1 N–H and O–H groups in total. The topological polar surface area (TPSA) is 76.1 Å². The Bertz CT molecular complexity index is 1150. The van der Waals surface area contributed by atoms with Crippen molar-refractivity contribution in [2.45, 2.75) is 13.0 Å². The van der Waals surface area contributed by atoms with Gasteiger partial charge in [-0.2, -0.15) is 0 Å². The Morgan fingerprint density at radius 2 is 1.90 bits per heavy atom. The Hall–Kier alpha value is -3.58. The highest BCUT2D eigenvalue weighted by Gasteiger charge is 2.48. The third-order valence-corrected chi connectivity index (χ3v) is 5.95. The number of para-hydroxylation sites is 2. The number of rotatable bonds is 6. The normalized spacial score (nSPS) is 17.7. The van der Waals surface area contributed by atoms with Crippen molar-refractivity contribution >= 4 is 34.5 Å². The van der Waals surface area contributed by atoms with Crippen molar-refractivity contribution in [1.29, 1.82) is 0 Å². The summed E-state index contributed by atoms with van der Waals surface area (Å²) in [5, 5.41) is 13.0. The predicted molar refractivity (Wildman–Crippen MR) is 120 cm³/mol. The number of carbonyl (C=O) groups excluding carboxylic acids is 2. The second kappa shape index (κ2) is 8.65. The van der Waals surface area contributed by atoms with E-state index in [4.69, 9.17) is 9.47 Å². The number of hydrogen-bond acceptors (Lipinski definition) is 6. The quantitative estimate of drug-likeness (QED) is 0.343. The van der Waals surface area contributed by atoms with Crippen molar-refractivity contribution in [1.82, 2.24) is 0 Å². The van der Waals surface area contributed by atoms with Gasteiger partial charge < -0.3 is 14.6 Å². The van der Waals surface area contributed by atoms with Gasteiger partial charge >= 0.3 is 0 Å². The molecule has 1 aliphatic heterocycles. The van der Waals surface area contributed by atoms with E-state index in [1.165, 1.54) is 23.3 Å². The Morgan fingerprint density at radius 1 is 1.10 bits per heavy atom. The Morgan fingerprint density at radius 3 is 2.61 bits per heavy atom. The molecule has 1 aliphatic rings. The molecule has 4 rings (SSSR count). The van der Waals surface area contributed by atoms with Gasteiger partial charge in [-0.15, -0.1) is 11.3 Å². The largest absolute Gasteiger partial charge is 0.507 e. The number of ether oxygens (including phenoxy) is 2. The number of benzene rings is 2. The summed E-state index contributed by atoms with van der Waals surface area (Å²) >= 11 is 1.41. The third-order valence-electron chi connectivity index (χ3n) is 5.02. The molecule has 31 heavy (non-hydrogen) atoms. The van der Waals surface area contributed by atoms with E-state index >= 15 is 0 Å². The number of amides is 1. The lowest BCUT2D eigenvalue weighted by Crippen LogP contribution is -2.29. The number of hydrogen-bond donors (Lipinski definition) is 1. The molecule has 158 valence electrons. The molecule has 1 fully saturated rings. The zero-order valence-corrected chi connectivity index (χ0v) is 17.9. The first-order valence-corrected chi connectivity index (χ1v) is 10.7. The van der Waals surface area contributed by atoms with E-state index in [1.54, 1.807) is 48.5 Å². The number of Topliss-reactive ketones (excluding diaryl/α,β-unsaturated/α-hetero) is 1. The van der Waals surface area contributed by atoms with Gasteiger partial charge in [-0.1, -0.05) is 30.3 Å². The zero-order valence-electron chi connectivity index (χ0n) is 17.1. The molecule has 0 radical (unpaired) electrons. The molecule has 1 unspecified atom stereocenters. The third kappa shape index (κ3) is 3.68. The lowest BCUT2D eigenvalue weighted by atomic mass is 9.99. The van der Waals surface area contributed by atoms with Crippen LogP contribution in [0.4, 0.5) is 5.69 Å². The molecule has 0 saturated carbocycles. The zero-order chi connectivity index (χ0) is 22.0. The summed E-state index contributed by atoms with van der Waals surface area (Å²) in [5.74, 6) is -0.674. The second-order valence-electron chi connectivity index (χ2n) is 6.82. The van der Waals surface area contributed by atoms with Crippen molar-refractivity contribution in [3.05, 3.63) is 82.1 Å². The number of ketones is 1. The highest BCUT2D eigenvalue weighted by Crippen LogP contribution is 2.46. The van der Waals surface area contributed by atoms with Crippen LogP contribution in [0.5, 0.6) is 11.5 Å². The lowest BCUT2D eigenvalue weighted by molar-refractivity contribution is -0.132. The van der Waals surface area contributed by atoms with Crippen molar-refractivity contribution in [2.24, 2.45) is 0 Å². The Kier molecular flexibility index (Phi) is 5.77. The van der Waals surface area contributed by atoms with Crippen molar-refractivity contribution in [3.8, 4) is 11.5 Å². The van der Waals surface area contributed by atoms with E-state index in [0.717, 1.165) is 4.88 Å². The summed E-state index contributed by atoms with van der Waals surface area (Å²) in [5.41, 5.74) is 0.908. The molecule has 7 heteroatoms. The van der Waals surface area contributed by atoms with Crippen LogP contribution in [0.25, 0.3) is 5.76 Å². The van der Waals surface area contributed by atoms with Crippen LogP contribution in [0.1, 0.15) is 23.4 Å². The predicted octanol–water partition coefficient (Wildman–Crippen LogP) is 4.78. The SMILES string of the molecule is CCOc1cccc(/C(O)=C2/C(=O)C(=O)N(c3ccccc3OC)C2c2cccs2)c1. The fourth-order valence-electron chi connectivity index (χ4n) is 3.68. The fraction of sp³-hybridized carbons (Fsp3) is 0.167. The average Bonchev–Trinajstić information content (AvgIpc) is 3.41. The lowest BCUT2D eigenvalue weighted by Gasteiger charge is -2.25. The minimum absolute atomic E-state index is 0.0343. The number of thiophene rings is 1. The van der Waals surface area contributed by atoms with Gasteiger partial charge in [-0.3, -0.25) is 14.5 Å². The maximum Gasteiger partial charge on any atom is 0.300 e. The van der Waals surface area contributed by atoms with Gasteiger partial charge in [0.2, 0.25) is 0 Å². The maximum atomic E-state index is 13.2. The van der Waals surface area contributed by atoms with Crippen LogP contribution in [-0.4, -0.2) is 30.5 Å². The summed E-state index contributed by atoms with van der Waals surface area (Å²) in [6.45, 7) is 2.33. The van der Waals surface area contributed by atoms with Crippen LogP contribution in [-0.2, 0) is 9.59 Å². The standard InChI is InChI=1S/C24H21NO5S/c1-3-30-16-9-6-8-15(14-16)22(26)20-21(19-12-7-13-31-19)25(24(28)23(20)27)17-10-4-5-11-18(17)29-2/h4-14,21,26H,3H2,1-2H3/b22-20-. The van der Waals surface area contributed by atoms with Gasteiger partial charge in [-0.05, 0) is 42.6 Å². The molecule has 1 atom stereocenters. The minimum Gasteiger partial charge on any atom is -0.507 e. The van der Waals surface area contributed by atoms with E-state index in [2.05, 4.69) is 0 Å². The van der Waals surface area contributed by atoms with Crippen molar-refractivity contribution in [3.63, 3.8) is 0 Å². The van der Waals surface area contributed by atoms with Gasteiger partial charge in [0.25, 0.3) is 11.7 Å². The fourth-order valence-corrected chi connectivity index (χ4v) is 4.50. The second-order valence-corrected chi connectivity index (χ2v) is 7.80. The average molecular weight is 436 g/mol.